The minimum absolute atomic E-state index is 0.773. The summed E-state index contributed by atoms with van der Waals surface area (Å²) in [4.78, 5) is 2.60. The van der Waals surface area contributed by atoms with Crippen molar-refractivity contribution in [1.82, 2.24) is 4.90 Å². The molecule has 1 fully saturated rings. The van der Waals surface area contributed by atoms with Crippen LogP contribution in [0.25, 0.3) is 0 Å². The second-order valence-electron chi connectivity index (χ2n) is 3.33. The maximum Gasteiger partial charge on any atom is 0.0127 e. The van der Waals surface area contributed by atoms with Crippen LogP contribution in [0.4, 0.5) is 0 Å². The van der Waals surface area contributed by atoms with Crippen molar-refractivity contribution in [3.05, 3.63) is 12.7 Å². The van der Waals surface area contributed by atoms with Gasteiger partial charge in [0, 0.05) is 6.04 Å². The molecule has 1 unspecified atom stereocenters. The largest absolute Gasteiger partial charge is 0.300 e. The molecule has 0 N–H and O–H groups in total. The molecule has 1 heterocycles. The van der Waals surface area contributed by atoms with Crippen LogP contribution in [-0.2, 0) is 0 Å². The molecule has 11 heavy (non-hydrogen) atoms. The molecule has 1 saturated heterocycles. The van der Waals surface area contributed by atoms with E-state index >= 15 is 0 Å². The molecule has 1 aliphatic rings. The minimum atomic E-state index is 0.773. The van der Waals surface area contributed by atoms with Gasteiger partial charge in [0.1, 0.15) is 0 Å². The van der Waals surface area contributed by atoms with Crippen LogP contribution in [0.2, 0.25) is 0 Å². The third-order valence-corrected chi connectivity index (χ3v) is 2.57. The van der Waals surface area contributed by atoms with Crippen LogP contribution in [0.15, 0.2) is 12.7 Å². The Morgan fingerprint density at radius 3 is 2.55 bits per heavy atom. The zero-order chi connectivity index (χ0) is 8.10. The maximum absolute atomic E-state index is 3.79. The molecule has 0 amide bonds. The van der Waals surface area contributed by atoms with E-state index in [1.54, 1.807) is 0 Å². The molecular formula is C10H19N. The third kappa shape index (κ3) is 2.33. The zero-order valence-corrected chi connectivity index (χ0v) is 7.55. The number of hydrogen-bond donors (Lipinski definition) is 0. The first-order valence-electron chi connectivity index (χ1n) is 4.73. The van der Waals surface area contributed by atoms with E-state index in [9.17, 15) is 0 Å². The number of rotatable bonds is 4. The van der Waals surface area contributed by atoms with Gasteiger partial charge in [0.15, 0.2) is 0 Å². The number of likely N-dealkylation sites (tertiary alicyclic amines) is 1. The lowest BCUT2D eigenvalue weighted by atomic mass is 10.1. The zero-order valence-electron chi connectivity index (χ0n) is 7.55. The Bertz CT molecular complexity index is 114. The first-order valence-corrected chi connectivity index (χ1v) is 4.73. The van der Waals surface area contributed by atoms with E-state index in [2.05, 4.69) is 18.4 Å². The average molecular weight is 153 g/mol. The molecule has 0 bridgehead atoms. The van der Waals surface area contributed by atoms with Crippen LogP contribution >= 0.6 is 0 Å². The SMILES string of the molecule is C=CCC(CC)N1CCCC1. The smallest absolute Gasteiger partial charge is 0.0127 e. The van der Waals surface area contributed by atoms with Crippen LogP contribution < -0.4 is 0 Å². The van der Waals surface area contributed by atoms with Crippen molar-refractivity contribution in [3.63, 3.8) is 0 Å². The van der Waals surface area contributed by atoms with Crippen LogP contribution in [0.1, 0.15) is 32.6 Å². The predicted molar refractivity (Wildman–Crippen MR) is 49.7 cm³/mol. The Balaban J connectivity index is 2.33. The lowest BCUT2D eigenvalue weighted by Gasteiger charge is -2.24. The molecule has 0 saturated carbocycles. The molecule has 1 aliphatic heterocycles. The number of nitrogens with zero attached hydrogens (tertiary/aromatic N) is 1. The van der Waals surface area contributed by atoms with Crippen molar-refractivity contribution in [2.75, 3.05) is 13.1 Å². The summed E-state index contributed by atoms with van der Waals surface area (Å²) in [6, 6.07) is 0.773. The highest BCUT2D eigenvalue weighted by molar-refractivity contribution is 4.81. The summed E-state index contributed by atoms with van der Waals surface area (Å²) in [7, 11) is 0. The molecule has 1 rings (SSSR count). The Labute approximate surface area is 70.1 Å². The van der Waals surface area contributed by atoms with Crippen molar-refractivity contribution in [2.45, 2.75) is 38.6 Å². The summed E-state index contributed by atoms with van der Waals surface area (Å²) >= 11 is 0. The van der Waals surface area contributed by atoms with Gasteiger partial charge in [-0.15, -0.1) is 6.58 Å². The van der Waals surface area contributed by atoms with E-state index in [-0.39, 0.29) is 0 Å². The minimum Gasteiger partial charge on any atom is -0.300 e. The van der Waals surface area contributed by atoms with Crippen molar-refractivity contribution in [1.29, 1.82) is 0 Å². The molecule has 0 radical (unpaired) electrons. The highest BCUT2D eigenvalue weighted by Crippen LogP contribution is 2.16. The molecule has 64 valence electrons. The first-order chi connectivity index (χ1) is 5.38. The quantitative estimate of drug-likeness (QED) is 0.561. The molecular weight excluding hydrogens is 134 g/mol. The fraction of sp³-hybridized carbons (Fsp3) is 0.800. The van der Waals surface area contributed by atoms with Gasteiger partial charge in [-0.3, -0.25) is 0 Å². The summed E-state index contributed by atoms with van der Waals surface area (Å²) in [5.74, 6) is 0. The van der Waals surface area contributed by atoms with Crippen molar-refractivity contribution < 1.29 is 0 Å². The van der Waals surface area contributed by atoms with Crippen molar-refractivity contribution in [2.24, 2.45) is 0 Å². The Hall–Kier alpha value is -0.300. The Morgan fingerprint density at radius 2 is 2.09 bits per heavy atom. The van der Waals surface area contributed by atoms with E-state index in [0.29, 0.717) is 0 Å². The molecule has 0 aliphatic carbocycles. The van der Waals surface area contributed by atoms with E-state index in [1.165, 1.54) is 32.4 Å². The predicted octanol–water partition coefficient (Wildman–Crippen LogP) is 2.44. The third-order valence-electron chi connectivity index (χ3n) is 2.57. The van der Waals surface area contributed by atoms with Gasteiger partial charge in [0.2, 0.25) is 0 Å². The molecule has 1 nitrogen and oxygen atoms in total. The molecule has 0 aromatic heterocycles. The van der Waals surface area contributed by atoms with Gasteiger partial charge >= 0.3 is 0 Å². The summed E-state index contributed by atoms with van der Waals surface area (Å²) in [6.45, 7) is 8.69. The standard InChI is InChI=1S/C10H19N/c1-3-7-10(4-2)11-8-5-6-9-11/h3,10H,1,4-9H2,2H3. The van der Waals surface area contributed by atoms with Crippen LogP contribution in [0, 0.1) is 0 Å². The van der Waals surface area contributed by atoms with Gasteiger partial charge in [-0.25, -0.2) is 0 Å². The molecule has 0 aromatic rings. The normalized spacial score (nSPS) is 21.9. The van der Waals surface area contributed by atoms with E-state index in [0.717, 1.165) is 12.5 Å². The second-order valence-corrected chi connectivity index (χ2v) is 3.33. The Kier molecular flexibility index (Phi) is 3.64. The molecule has 1 heteroatoms. The van der Waals surface area contributed by atoms with Gasteiger partial charge in [-0.05, 0) is 38.8 Å². The lowest BCUT2D eigenvalue weighted by Crippen LogP contribution is -2.31. The highest BCUT2D eigenvalue weighted by Gasteiger charge is 2.18. The van der Waals surface area contributed by atoms with Gasteiger partial charge < -0.3 is 4.90 Å². The van der Waals surface area contributed by atoms with E-state index in [4.69, 9.17) is 0 Å². The van der Waals surface area contributed by atoms with Gasteiger partial charge in [0.05, 0.1) is 0 Å². The first kappa shape index (κ1) is 8.79. The van der Waals surface area contributed by atoms with Crippen molar-refractivity contribution >= 4 is 0 Å². The van der Waals surface area contributed by atoms with Gasteiger partial charge in [-0.1, -0.05) is 13.0 Å². The fourth-order valence-electron chi connectivity index (χ4n) is 1.87. The highest BCUT2D eigenvalue weighted by atomic mass is 15.2. The van der Waals surface area contributed by atoms with Crippen molar-refractivity contribution in [3.8, 4) is 0 Å². The van der Waals surface area contributed by atoms with E-state index in [1.807, 2.05) is 6.08 Å². The second kappa shape index (κ2) is 4.55. The topological polar surface area (TPSA) is 3.24 Å². The van der Waals surface area contributed by atoms with Crippen LogP contribution in [0.3, 0.4) is 0 Å². The fourth-order valence-corrected chi connectivity index (χ4v) is 1.87. The number of hydrogen-bond acceptors (Lipinski definition) is 1. The average Bonchev–Trinajstić information content (AvgIpc) is 2.52. The summed E-state index contributed by atoms with van der Waals surface area (Å²) in [6.07, 6.45) is 7.27. The maximum atomic E-state index is 3.79. The summed E-state index contributed by atoms with van der Waals surface area (Å²) in [5.41, 5.74) is 0. The van der Waals surface area contributed by atoms with Gasteiger partial charge in [0.25, 0.3) is 0 Å². The molecule has 1 atom stereocenters. The van der Waals surface area contributed by atoms with Crippen LogP contribution in [-0.4, -0.2) is 24.0 Å². The summed E-state index contributed by atoms with van der Waals surface area (Å²) in [5, 5.41) is 0. The Morgan fingerprint density at radius 1 is 1.45 bits per heavy atom. The van der Waals surface area contributed by atoms with E-state index < -0.39 is 0 Å². The lowest BCUT2D eigenvalue weighted by molar-refractivity contribution is 0.237. The van der Waals surface area contributed by atoms with Crippen LogP contribution in [0.5, 0.6) is 0 Å². The monoisotopic (exact) mass is 153 g/mol. The van der Waals surface area contributed by atoms with Gasteiger partial charge in [-0.2, -0.15) is 0 Å². The molecule has 0 spiro atoms. The summed E-state index contributed by atoms with van der Waals surface area (Å²) < 4.78 is 0. The molecule has 0 aromatic carbocycles.